The molecule has 0 aliphatic carbocycles. The van der Waals surface area contributed by atoms with E-state index >= 15 is 0 Å². The zero-order valence-corrected chi connectivity index (χ0v) is 14.7. The van der Waals surface area contributed by atoms with Crippen molar-refractivity contribution >= 4 is 27.8 Å². The Morgan fingerprint density at radius 2 is 2.04 bits per heavy atom. The molecule has 2 atom stereocenters. The molecule has 1 aliphatic heterocycles. The third-order valence-electron chi connectivity index (χ3n) is 3.65. The Hall–Kier alpha value is -1.44. The van der Waals surface area contributed by atoms with Crippen molar-refractivity contribution in [2.24, 2.45) is 0 Å². The molecule has 0 spiro atoms. The molecule has 0 aromatic heterocycles. The van der Waals surface area contributed by atoms with Gasteiger partial charge >= 0.3 is 5.97 Å². The van der Waals surface area contributed by atoms with Gasteiger partial charge in [0.25, 0.3) is 0 Å². The van der Waals surface area contributed by atoms with Gasteiger partial charge in [0.15, 0.2) is 0 Å². The molecule has 1 heterocycles. The van der Waals surface area contributed by atoms with Crippen LogP contribution in [0.25, 0.3) is 0 Å². The van der Waals surface area contributed by atoms with Crippen LogP contribution >= 0.6 is 15.9 Å². The van der Waals surface area contributed by atoms with Crippen molar-refractivity contribution in [3.8, 4) is 0 Å². The lowest BCUT2D eigenvalue weighted by Gasteiger charge is -2.10. The van der Waals surface area contributed by atoms with Gasteiger partial charge in [-0.05, 0) is 37.5 Å². The van der Waals surface area contributed by atoms with E-state index in [9.17, 15) is 9.59 Å². The summed E-state index contributed by atoms with van der Waals surface area (Å²) in [7, 11) is 0. The van der Waals surface area contributed by atoms with Crippen molar-refractivity contribution in [3.05, 3.63) is 34.3 Å². The Morgan fingerprint density at radius 3 is 2.74 bits per heavy atom. The first-order valence-corrected chi connectivity index (χ1v) is 8.59. The number of carbonyl (C=O) groups excluding carboxylic acids is 2. The molecular formula is C16H22BrN3O3. The van der Waals surface area contributed by atoms with E-state index in [-0.39, 0.29) is 24.0 Å². The molecule has 6 nitrogen and oxygen atoms in total. The van der Waals surface area contributed by atoms with Gasteiger partial charge in [0.2, 0.25) is 5.91 Å². The maximum atomic E-state index is 12.1. The monoisotopic (exact) mass is 383 g/mol. The van der Waals surface area contributed by atoms with Gasteiger partial charge in [-0.2, -0.15) is 0 Å². The van der Waals surface area contributed by atoms with Gasteiger partial charge < -0.3 is 10.1 Å². The summed E-state index contributed by atoms with van der Waals surface area (Å²) in [6.07, 6.45) is 1.60. The van der Waals surface area contributed by atoms with Crippen LogP contribution in [0.3, 0.4) is 0 Å². The minimum absolute atomic E-state index is 0.0547. The number of carbonyl (C=O) groups is 2. The summed E-state index contributed by atoms with van der Waals surface area (Å²) in [6, 6.07) is 7.87. The van der Waals surface area contributed by atoms with E-state index in [1.807, 2.05) is 24.3 Å². The topological polar surface area (TPSA) is 79.5 Å². The Bertz CT molecular complexity index is 536. The first-order valence-electron chi connectivity index (χ1n) is 7.80. The summed E-state index contributed by atoms with van der Waals surface area (Å²) in [4.78, 5) is 23.3. The smallest absolute Gasteiger partial charge is 0.305 e. The molecule has 1 aliphatic rings. The molecule has 1 saturated heterocycles. The average Bonchev–Trinajstić information content (AvgIpc) is 3.02. The number of hydrazine groups is 1. The van der Waals surface area contributed by atoms with Crippen LogP contribution in [0.15, 0.2) is 28.7 Å². The second-order valence-electron chi connectivity index (χ2n) is 5.38. The summed E-state index contributed by atoms with van der Waals surface area (Å²) in [5.41, 5.74) is 7.31. The normalized spacial score (nSPS) is 20.3. The third-order valence-corrected chi connectivity index (χ3v) is 4.18. The molecule has 1 aromatic rings. The number of nitrogens with one attached hydrogen (secondary N) is 3. The van der Waals surface area contributed by atoms with Crippen LogP contribution in [0, 0.1) is 0 Å². The fourth-order valence-electron chi connectivity index (χ4n) is 2.44. The SMILES string of the molecule is CCOC(=O)CCCNC(=O)C1CC(c2ccc(Br)cc2)NN1. The fraction of sp³-hybridized carbons (Fsp3) is 0.500. The molecule has 23 heavy (non-hydrogen) atoms. The molecule has 0 saturated carbocycles. The van der Waals surface area contributed by atoms with Crippen LogP contribution in [-0.4, -0.2) is 31.1 Å². The maximum absolute atomic E-state index is 12.1. The molecular weight excluding hydrogens is 362 g/mol. The number of hydrogen-bond acceptors (Lipinski definition) is 5. The van der Waals surface area contributed by atoms with E-state index in [0.717, 1.165) is 10.0 Å². The van der Waals surface area contributed by atoms with E-state index in [2.05, 4.69) is 32.1 Å². The lowest BCUT2D eigenvalue weighted by Crippen LogP contribution is -2.43. The lowest BCUT2D eigenvalue weighted by molar-refractivity contribution is -0.143. The standard InChI is InChI=1S/C16H22BrN3O3/c1-2-23-15(21)4-3-9-18-16(22)14-10-13(19-20-14)11-5-7-12(17)8-6-11/h5-8,13-14,19-20H,2-4,9-10H2,1H3,(H,18,22). The molecule has 3 N–H and O–H groups in total. The van der Waals surface area contributed by atoms with Gasteiger partial charge in [-0.25, -0.2) is 10.9 Å². The molecule has 1 fully saturated rings. The van der Waals surface area contributed by atoms with Crippen LogP contribution in [0.4, 0.5) is 0 Å². The Balaban J connectivity index is 1.70. The van der Waals surface area contributed by atoms with Crippen LogP contribution in [0.1, 0.15) is 37.8 Å². The largest absolute Gasteiger partial charge is 0.466 e. The quantitative estimate of drug-likeness (QED) is 0.494. The molecule has 0 bridgehead atoms. The zero-order chi connectivity index (χ0) is 16.7. The first-order chi connectivity index (χ1) is 11.1. The van der Waals surface area contributed by atoms with E-state index in [0.29, 0.717) is 32.4 Å². The fourth-order valence-corrected chi connectivity index (χ4v) is 2.71. The van der Waals surface area contributed by atoms with Gasteiger partial charge in [0, 0.05) is 23.5 Å². The number of ether oxygens (including phenoxy) is 1. The summed E-state index contributed by atoms with van der Waals surface area (Å²) >= 11 is 3.41. The van der Waals surface area contributed by atoms with Crippen molar-refractivity contribution < 1.29 is 14.3 Å². The predicted octanol–water partition coefficient (Wildman–Crippen LogP) is 1.82. The summed E-state index contributed by atoms with van der Waals surface area (Å²) in [6.45, 7) is 2.64. The molecule has 126 valence electrons. The average molecular weight is 384 g/mol. The van der Waals surface area contributed by atoms with Crippen molar-refractivity contribution in [3.63, 3.8) is 0 Å². The van der Waals surface area contributed by atoms with Gasteiger partial charge in [-0.15, -0.1) is 0 Å². The Labute approximate surface area is 144 Å². The summed E-state index contributed by atoms with van der Waals surface area (Å²) in [5, 5.41) is 2.85. The minimum Gasteiger partial charge on any atom is -0.466 e. The molecule has 1 aromatic carbocycles. The summed E-state index contributed by atoms with van der Waals surface area (Å²) in [5.74, 6) is -0.279. The highest BCUT2D eigenvalue weighted by Crippen LogP contribution is 2.23. The van der Waals surface area contributed by atoms with Gasteiger partial charge in [0.1, 0.15) is 6.04 Å². The van der Waals surface area contributed by atoms with Gasteiger partial charge in [-0.1, -0.05) is 28.1 Å². The molecule has 0 radical (unpaired) electrons. The Kier molecular flexibility index (Phi) is 7.01. The van der Waals surface area contributed by atoms with Crippen LogP contribution in [0.5, 0.6) is 0 Å². The van der Waals surface area contributed by atoms with Crippen LogP contribution in [0.2, 0.25) is 0 Å². The minimum atomic E-state index is -0.272. The van der Waals surface area contributed by atoms with Gasteiger partial charge in [0.05, 0.1) is 6.61 Å². The van der Waals surface area contributed by atoms with Crippen molar-refractivity contribution in [2.75, 3.05) is 13.2 Å². The van der Waals surface area contributed by atoms with E-state index < -0.39 is 0 Å². The third kappa shape index (κ3) is 5.60. The van der Waals surface area contributed by atoms with E-state index in [1.54, 1.807) is 6.92 Å². The number of hydrogen-bond donors (Lipinski definition) is 3. The van der Waals surface area contributed by atoms with Crippen LogP contribution in [-0.2, 0) is 14.3 Å². The van der Waals surface area contributed by atoms with Crippen molar-refractivity contribution in [1.29, 1.82) is 0 Å². The lowest BCUT2D eigenvalue weighted by atomic mass is 10.0. The predicted molar refractivity (Wildman–Crippen MR) is 90.4 cm³/mol. The molecule has 2 rings (SSSR count). The van der Waals surface area contributed by atoms with E-state index in [1.165, 1.54) is 0 Å². The molecule has 7 heteroatoms. The van der Waals surface area contributed by atoms with Crippen LogP contribution < -0.4 is 16.2 Å². The number of esters is 1. The molecule has 1 amide bonds. The Morgan fingerprint density at radius 1 is 1.30 bits per heavy atom. The highest BCUT2D eigenvalue weighted by atomic mass is 79.9. The highest BCUT2D eigenvalue weighted by Gasteiger charge is 2.29. The van der Waals surface area contributed by atoms with Crippen molar-refractivity contribution in [2.45, 2.75) is 38.3 Å². The number of halogens is 1. The second kappa shape index (κ2) is 9.00. The van der Waals surface area contributed by atoms with Crippen molar-refractivity contribution in [1.82, 2.24) is 16.2 Å². The highest BCUT2D eigenvalue weighted by molar-refractivity contribution is 9.10. The van der Waals surface area contributed by atoms with Gasteiger partial charge in [-0.3, -0.25) is 9.59 Å². The molecule has 2 unspecified atom stereocenters. The number of amides is 1. The maximum Gasteiger partial charge on any atom is 0.305 e. The second-order valence-corrected chi connectivity index (χ2v) is 6.30. The zero-order valence-electron chi connectivity index (χ0n) is 13.1. The van der Waals surface area contributed by atoms with E-state index in [4.69, 9.17) is 4.74 Å². The number of rotatable bonds is 7. The summed E-state index contributed by atoms with van der Waals surface area (Å²) < 4.78 is 5.87. The number of benzene rings is 1. The first kappa shape index (κ1) is 17.9.